The number of halogens is 1. The number of hydrogen-bond donors (Lipinski definition) is 1. The predicted molar refractivity (Wildman–Crippen MR) is 103 cm³/mol. The molecule has 1 aliphatic heterocycles. The molecule has 2 aromatic rings. The van der Waals surface area contributed by atoms with Crippen molar-refractivity contribution in [1.29, 1.82) is 0 Å². The van der Waals surface area contributed by atoms with Crippen LogP contribution in [0.2, 0.25) is 5.02 Å². The Morgan fingerprint density at radius 3 is 2.48 bits per heavy atom. The van der Waals surface area contributed by atoms with E-state index < -0.39 is 10.0 Å². The first kappa shape index (κ1) is 17.8. The Morgan fingerprint density at radius 2 is 1.80 bits per heavy atom. The Bertz CT molecular complexity index is 848. The van der Waals surface area contributed by atoms with Crippen LogP contribution in [-0.2, 0) is 14.8 Å². The summed E-state index contributed by atoms with van der Waals surface area (Å²) in [6, 6.07) is 14.4. The number of ether oxygens (including phenoxy) is 1. The molecule has 0 amide bonds. The highest BCUT2D eigenvalue weighted by molar-refractivity contribution is 7.95. The van der Waals surface area contributed by atoms with Crippen molar-refractivity contribution < 1.29 is 13.2 Å². The zero-order valence-corrected chi connectivity index (χ0v) is 15.1. The summed E-state index contributed by atoms with van der Waals surface area (Å²) in [6.07, 6.45) is 1.55. The second-order valence-electron chi connectivity index (χ2n) is 5.63. The average Bonchev–Trinajstić information content (AvgIpc) is 2.62. The van der Waals surface area contributed by atoms with Gasteiger partial charge in [-0.05, 0) is 29.8 Å². The number of rotatable bonds is 5. The van der Waals surface area contributed by atoms with Crippen LogP contribution in [0.4, 0.5) is 11.4 Å². The summed E-state index contributed by atoms with van der Waals surface area (Å²) in [5, 5.41) is 1.65. The molecule has 2 aromatic carbocycles. The van der Waals surface area contributed by atoms with Crippen LogP contribution in [0.5, 0.6) is 0 Å². The molecule has 0 aromatic heterocycles. The molecule has 1 aliphatic rings. The highest BCUT2D eigenvalue weighted by Gasteiger charge is 2.15. The number of morpholine rings is 1. The van der Waals surface area contributed by atoms with Gasteiger partial charge in [0.25, 0.3) is 10.0 Å². The molecule has 0 saturated carbocycles. The lowest BCUT2D eigenvalue weighted by molar-refractivity contribution is 0.122. The highest BCUT2D eigenvalue weighted by Crippen LogP contribution is 2.29. The van der Waals surface area contributed by atoms with Crippen molar-refractivity contribution in [2.24, 2.45) is 0 Å². The predicted octanol–water partition coefficient (Wildman–Crippen LogP) is 3.59. The summed E-state index contributed by atoms with van der Waals surface area (Å²) in [5.74, 6) is 0. The van der Waals surface area contributed by atoms with Gasteiger partial charge in [0, 0.05) is 13.1 Å². The molecule has 3 rings (SSSR count). The maximum atomic E-state index is 12.2. The quantitative estimate of drug-likeness (QED) is 0.863. The number of nitrogens with one attached hydrogen (secondary N) is 1. The van der Waals surface area contributed by atoms with Crippen molar-refractivity contribution in [3.8, 4) is 0 Å². The van der Waals surface area contributed by atoms with Crippen LogP contribution in [0, 0.1) is 0 Å². The molecule has 0 bridgehead atoms. The number of nitrogens with zero attached hydrogens (tertiary/aromatic N) is 1. The molecule has 1 fully saturated rings. The Balaban J connectivity index is 1.71. The van der Waals surface area contributed by atoms with Crippen LogP contribution in [0.15, 0.2) is 53.9 Å². The summed E-state index contributed by atoms with van der Waals surface area (Å²) in [5.41, 5.74) is 2.13. The fourth-order valence-electron chi connectivity index (χ4n) is 2.56. The third-order valence-corrected chi connectivity index (χ3v) is 5.12. The van der Waals surface area contributed by atoms with E-state index in [1.807, 2.05) is 36.4 Å². The average molecular weight is 379 g/mol. The maximum Gasteiger partial charge on any atom is 0.255 e. The first-order chi connectivity index (χ1) is 12.0. The topological polar surface area (TPSA) is 58.6 Å². The Hall–Kier alpha value is -2.02. The van der Waals surface area contributed by atoms with Crippen LogP contribution in [0.1, 0.15) is 5.56 Å². The molecule has 1 heterocycles. The zero-order valence-electron chi connectivity index (χ0n) is 13.6. The smallest absolute Gasteiger partial charge is 0.255 e. The van der Waals surface area contributed by atoms with Gasteiger partial charge >= 0.3 is 0 Å². The SMILES string of the molecule is O=S(=O)(C=Cc1ccccc1)Nc1ccc(N2CCOCC2)c(Cl)c1. The third kappa shape index (κ3) is 4.98. The van der Waals surface area contributed by atoms with E-state index in [-0.39, 0.29) is 0 Å². The molecule has 0 unspecified atom stereocenters. The highest BCUT2D eigenvalue weighted by atomic mass is 35.5. The Labute approximate surface area is 152 Å². The van der Waals surface area contributed by atoms with E-state index in [1.54, 1.807) is 18.2 Å². The molecule has 1 saturated heterocycles. The minimum absolute atomic E-state index is 0.430. The molecule has 25 heavy (non-hydrogen) atoms. The van der Waals surface area contributed by atoms with E-state index in [2.05, 4.69) is 9.62 Å². The second kappa shape index (κ2) is 7.91. The molecule has 5 nitrogen and oxygen atoms in total. The summed E-state index contributed by atoms with van der Waals surface area (Å²) in [7, 11) is -3.61. The Kier molecular flexibility index (Phi) is 5.63. The molecular weight excluding hydrogens is 360 g/mol. The largest absolute Gasteiger partial charge is 0.378 e. The van der Waals surface area contributed by atoms with E-state index in [1.165, 1.54) is 0 Å². The van der Waals surface area contributed by atoms with Gasteiger partial charge in [-0.2, -0.15) is 0 Å². The van der Waals surface area contributed by atoms with Gasteiger partial charge in [-0.25, -0.2) is 8.42 Å². The first-order valence-corrected chi connectivity index (χ1v) is 9.84. The van der Waals surface area contributed by atoms with Crippen molar-refractivity contribution in [1.82, 2.24) is 0 Å². The van der Waals surface area contributed by atoms with Gasteiger partial charge in [0.2, 0.25) is 0 Å². The molecule has 1 N–H and O–H groups in total. The monoisotopic (exact) mass is 378 g/mol. The molecule has 132 valence electrons. The fraction of sp³-hybridized carbons (Fsp3) is 0.222. The summed E-state index contributed by atoms with van der Waals surface area (Å²) in [6.45, 7) is 2.86. The second-order valence-corrected chi connectivity index (χ2v) is 7.60. The van der Waals surface area contributed by atoms with Gasteiger partial charge < -0.3 is 9.64 Å². The third-order valence-electron chi connectivity index (χ3n) is 3.80. The van der Waals surface area contributed by atoms with Crippen molar-refractivity contribution in [3.63, 3.8) is 0 Å². The fourth-order valence-corrected chi connectivity index (χ4v) is 3.72. The van der Waals surface area contributed by atoms with E-state index in [9.17, 15) is 8.42 Å². The minimum Gasteiger partial charge on any atom is -0.378 e. The molecule has 0 radical (unpaired) electrons. The molecule has 0 spiro atoms. The molecule has 0 atom stereocenters. The number of anilines is 2. The van der Waals surface area contributed by atoms with Crippen molar-refractivity contribution >= 4 is 39.1 Å². The minimum atomic E-state index is -3.61. The van der Waals surface area contributed by atoms with Crippen LogP contribution >= 0.6 is 11.6 Å². The van der Waals surface area contributed by atoms with Crippen LogP contribution in [0.25, 0.3) is 6.08 Å². The van der Waals surface area contributed by atoms with Crippen LogP contribution in [-0.4, -0.2) is 34.7 Å². The van der Waals surface area contributed by atoms with E-state index in [0.29, 0.717) is 23.9 Å². The van der Waals surface area contributed by atoms with Crippen LogP contribution < -0.4 is 9.62 Å². The van der Waals surface area contributed by atoms with E-state index in [0.717, 1.165) is 29.7 Å². The van der Waals surface area contributed by atoms with E-state index >= 15 is 0 Å². The lowest BCUT2D eigenvalue weighted by Gasteiger charge is -2.29. The summed E-state index contributed by atoms with van der Waals surface area (Å²) >= 11 is 6.33. The Morgan fingerprint density at radius 1 is 1.08 bits per heavy atom. The lowest BCUT2D eigenvalue weighted by Crippen LogP contribution is -2.36. The number of benzene rings is 2. The zero-order chi connectivity index (χ0) is 17.7. The van der Waals surface area contributed by atoms with Crippen molar-refractivity contribution in [2.75, 3.05) is 35.9 Å². The normalized spacial score (nSPS) is 15.5. The molecule has 0 aliphatic carbocycles. The summed E-state index contributed by atoms with van der Waals surface area (Å²) in [4.78, 5) is 2.12. The van der Waals surface area contributed by atoms with Crippen molar-refractivity contribution in [2.45, 2.75) is 0 Å². The van der Waals surface area contributed by atoms with Crippen molar-refractivity contribution in [3.05, 3.63) is 64.5 Å². The van der Waals surface area contributed by atoms with Gasteiger partial charge in [0.1, 0.15) is 0 Å². The maximum absolute atomic E-state index is 12.2. The van der Waals surface area contributed by atoms with E-state index in [4.69, 9.17) is 16.3 Å². The van der Waals surface area contributed by atoms with Gasteiger partial charge in [-0.15, -0.1) is 0 Å². The number of sulfonamides is 1. The van der Waals surface area contributed by atoms with Gasteiger partial charge in [0.15, 0.2) is 0 Å². The number of hydrogen-bond acceptors (Lipinski definition) is 4. The summed E-state index contributed by atoms with van der Waals surface area (Å²) < 4.78 is 32.3. The van der Waals surface area contributed by atoms with Gasteiger partial charge in [0.05, 0.1) is 35.0 Å². The lowest BCUT2D eigenvalue weighted by atomic mass is 10.2. The van der Waals surface area contributed by atoms with Crippen LogP contribution in [0.3, 0.4) is 0 Å². The van der Waals surface area contributed by atoms with Gasteiger partial charge in [-0.1, -0.05) is 41.9 Å². The van der Waals surface area contributed by atoms with Gasteiger partial charge in [-0.3, -0.25) is 4.72 Å². The molecular formula is C18H19ClN2O3S. The first-order valence-electron chi connectivity index (χ1n) is 7.92. The molecule has 7 heteroatoms. The standard InChI is InChI=1S/C18H19ClN2O3S/c19-17-14-16(6-7-18(17)21-9-11-24-12-10-21)20-25(22,23)13-8-15-4-2-1-3-5-15/h1-8,13-14,20H,9-12H2.